The summed E-state index contributed by atoms with van der Waals surface area (Å²) in [7, 11) is 0. The van der Waals surface area contributed by atoms with Crippen molar-refractivity contribution in [3.05, 3.63) is 65.2 Å². The number of carbonyl (C=O) groups excluding carboxylic acids is 2. The number of rotatable bonds is 7. The Morgan fingerprint density at radius 1 is 1.19 bits per heavy atom. The summed E-state index contributed by atoms with van der Waals surface area (Å²) in [4.78, 5) is 28.9. The van der Waals surface area contributed by atoms with Gasteiger partial charge in [0.25, 0.3) is 0 Å². The second-order valence-electron chi connectivity index (χ2n) is 11.0. The van der Waals surface area contributed by atoms with Crippen LogP contribution in [0, 0.1) is 17.0 Å². The maximum Gasteiger partial charge on any atom is 0.237 e. The monoisotopic (exact) mass is 501 g/mol. The number of carbonyl (C=O) groups is 2. The molecular formula is C27H33F2N3O4. The molecule has 2 heterocycles. The number of fused-ring (bicyclic) bond motifs is 2. The highest BCUT2D eigenvalue weighted by Gasteiger charge is 2.68. The summed E-state index contributed by atoms with van der Waals surface area (Å²) in [6.07, 6.45) is -0.508. The molecule has 9 heteroatoms. The van der Waals surface area contributed by atoms with E-state index in [2.05, 4.69) is 5.32 Å². The Hall–Kier alpha value is -2.88. The summed E-state index contributed by atoms with van der Waals surface area (Å²) in [5.41, 5.74) is 5.41. The highest BCUT2D eigenvalue weighted by atomic mass is 19.1. The molecule has 4 rings (SSSR count). The maximum absolute atomic E-state index is 14.7. The van der Waals surface area contributed by atoms with Crippen LogP contribution in [0.1, 0.15) is 50.7 Å². The van der Waals surface area contributed by atoms with Gasteiger partial charge in [0.1, 0.15) is 17.0 Å². The summed E-state index contributed by atoms with van der Waals surface area (Å²) in [6.45, 7) is 5.66. The number of nitrogens with one attached hydrogen (secondary N) is 1. The van der Waals surface area contributed by atoms with Gasteiger partial charge in [0.15, 0.2) is 0 Å². The molecule has 5 N–H and O–H groups in total. The number of nitrogens with zero attached hydrogens (tertiary/aromatic N) is 1. The lowest BCUT2D eigenvalue weighted by atomic mass is 9.62. The smallest absolute Gasteiger partial charge is 0.237 e. The van der Waals surface area contributed by atoms with E-state index >= 15 is 0 Å². The van der Waals surface area contributed by atoms with E-state index in [1.165, 1.54) is 36.4 Å². The first kappa shape index (κ1) is 26.2. The van der Waals surface area contributed by atoms with Gasteiger partial charge in [-0.2, -0.15) is 0 Å². The number of aliphatic hydroxyl groups excluding tert-OH is 2. The lowest BCUT2D eigenvalue weighted by molar-refractivity contribution is -0.123. The van der Waals surface area contributed by atoms with E-state index in [0.717, 1.165) is 0 Å². The number of primary amides is 1. The van der Waals surface area contributed by atoms with Crippen molar-refractivity contribution in [3.63, 3.8) is 0 Å². The quantitative estimate of drug-likeness (QED) is 0.466. The van der Waals surface area contributed by atoms with Gasteiger partial charge in [-0.15, -0.1) is 0 Å². The van der Waals surface area contributed by atoms with Crippen LogP contribution in [0.3, 0.4) is 0 Å². The number of amides is 2. The number of benzene rings is 2. The van der Waals surface area contributed by atoms with Crippen LogP contribution in [0.15, 0.2) is 42.5 Å². The van der Waals surface area contributed by atoms with Gasteiger partial charge >= 0.3 is 0 Å². The van der Waals surface area contributed by atoms with Crippen molar-refractivity contribution in [2.45, 2.75) is 63.1 Å². The SMILES string of the molecule is CC(C)(C)CC1N(CC[C@H](O)CO)C(C(N)=O)C(c2cccc(F)c2)C12C(=O)Nc1ccc(F)cc12. The molecule has 5 atom stereocenters. The van der Waals surface area contributed by atoms with E-state index < -0.39 is 59.6 Å². The Kier molecular flexibility index (Phi) is 6.94. The number of hydrogen-bond acceptors (Lipinski definition) is 5. The van der Waals surface area contributed by atoms with Crippen LogP contribution >= 0.6 is 0 Å². The minimum atomic E-state index is -1.46. The summed E-state index contributed by atoms with van der Waals surface area (Å²) < 4.78 is 29.2. The van der Waals surface area contributed by atoms with Crippen LogP contribution < -0.4 is 11.1 Å². The maximum atomic E-state index is 14.7. The molecule has 0 aliphatic carbocycles. The Bertz CT molecular complexity index is 1170. The molecule has 1 saturated heterocycles. The zero-order valence-electron chi connectivity index (χ0n) is 20.7. The fourth-order valence-corrected chi connectivity index (χ4v) is 6.07. The topological polar surface area (TPSA) is 116 Å². The van der Waals surface area contributed by atoms with Crippen molar-refractivity contribution in [2.75, 3.05) is 18.5 Å². The van der Waals surface area contributed by atoms with Gasteiger partial charge in [-0.1, -0.05) is 32.9 Å². The first-order valence-corrected chi connectivity index (χ1v) is 12.1. The average Bonchev–Trinajstić information content (AvgIpc) is 3.23. The second-order valence-corrected chi connectivity index (χ2v) is 11.0. The molecular weight excluding hydrogens is 468 g/mol. The highest BCUT2D eigenvalue weighted by Crippen LogP contribution is 2.59. The fourth-order valence-electron chi connectivity index (χ4n) is 6.07. The molecule has 194 valence electrons. The van der Waals surface area contributed by atoms with Crippen LogP contribution in [0.2, 0.25) is 0 Å². The van der Waals surface area contributed by atoms with Gasteiger partial charge in [0, 0.05) is 24.2 Å². The number of likely N-dealkylation sites (tertiary alicyclic amines) is 1. The average molecular weight is 502 g/mol. The molecule has 2 aliphatic rings. The van der Waals surface area contributed by atoms with Crippen LogP contribution in [0.25, 0.3) is 0 Å². The number of nitrogens with two attached hydrogens (primary N) is 1. The molecule has 0 radical (unpaired) electrons. The van der Waals surface area contributed by atoms with Gasteiger partial charge in [-0.3, -0.25) is 14.5 Å². The Morgan fingerprint density at radius 2 is 1.89 bits per heavy atom. The van der Waals surface area contributed by atoms with Gasteiger partial charge < -0.3 is 21.3 Å². The van der Waals surface area contributed by atoms with E-state index in [0.29, 0.717) is 23.2 Å². The third-order valence-electron chi connectivity index (χ3n) is 7.38. The van der Waals surface area contributed by atoms with Crippen LogP contribution in [0.5, 0.6) is 0 Å². The molecule has 0 saturated carbocycles. The number of aliphatic hydroxyl groups is 2. The van der Waals surface area contributed by atoms with E-state index in [1.54, 1.807) is 11.0 Å². The summed E-state index contributed by atoms with van der Waals surface area (Å²) in [5.74, 6) is -3.13. The number of anilines is 1. The Labute approximate surface area is 209 Å². The van der Waals surface area contributed by atoms with Crippen molar-refractivity contribution in [2.24, 2.45) is 11.1 Å². The third-order valence-corrected chi connectivity index (χ3v) is 7.38. The summed E-state index contributed by atoms with van der Waals surface area (Å²) in [5, 5.41) is 22.4. The van der Waals surface area contributed by atoms with Crippen molar-refractivity contribution >= 4 is 17.5 Å². The third kappa shape index (κ3) is 4.40. The molecule has 0 bridgehead atoms. The molecule has 2 aliphatic heterocycles. The van der Waals surface area contributed by atoms with Crippen LogP contribution in [0.4, 0.5) is 14.5 Å². The van der Waals surface area contributed by atoms with Crippen molar-refractivity contribution < 1.29 is 28.6 Å². The molecule has 0 aromatic heterocycles. The molecule has 36 heavy (non-hydrogen) atoms. The highest BCUT2D eigenvalue weighted by molar-refractivity contribution is 6.09. The lowest BCUT2D eigenvalue weighted by Gasteiger charge is -2.40. The molecule has 2 aromatic carbocycles. The van der Waals surface area contributed by atoms with Gasteiger partial charge in [-0.05, 0) is 59.7 Å². The van der Waals surface area contributed by atoms with Crippen molar-refractivity contribution in [3.8, 4) is 0 Å². The number of hydrogen-bond donors (Lipinski definition) is 4. The van der Waals surface area contributed by atoms with Crippen LogP contribution in [-0.2, 0) is 15.0 Å². The first-order chi connectivity index (χ1) is 16.9. The van der Waals surface area contributed by atoms with Crippen molar-refractivity contribution in [1.82, 2.24) is 4.90 Å². The minimum Gasteiger partial charge on any atom is -0.394 e. The van der Waals surface area contributed by atoms with E-state index in [1.807, 2.05) is 20.8 Å². The first-order valence-electron chi connectivity index (χ1n) is 12.1. The van der Waals surface area contributed by atoms with Crippen LogP contribution in [-0.4, -0.2) is 58.3 Å². The Morgan fingerprint density at radius 3 is 2.50 bits per heavy atom. The zero-order chi connectivity index (χ0) is 26.4. The molecule has 2 amide bonds. The van der Waals surface area contributed by atoms with E-state index in [4.69, 9.17) is 5.73 Å². The van der Waals surface area contributed by atoms with Gasteiger partial charge in [-0.25, -0.2) is 8.78 Å². The summed E-state index contributed by atoms with van der Waals surface area (Å²) >= 11 is 0. The Balaban J connectivity index is 2.04. The van der Waals surface area contributed by atoms with E-state index in [9.17, 15) is 28.6 Å². The normalized spacial score (nSPS) is 26.8. The fraction of sp³-hybridized carbons (Fsp3) is 0.481. The minimum absolute atomic E-state index is 0.116. The lowest BCUT2D eigenvalue weighted by Crippen LogP contribution is -2.51. The predicted octanol–water partition coefficient (Wildman–Crippen LogP) is 2.66. The second kappa shape index (κ2) is 9.53. The molecule has 2 aromatic rings. The zero-order valence-corrected chi connectivity index (χ0v) is 20.7. The summed E-state index contributed by atoms with van der Waals surface area (Å²) in [6, 6.07) is 8.07. The van der Waals surface area contributed by atoms with E-state index in [-0.39, 0.29) is 18.4 Å². The molecule has 7 nitrogen and oxygen atoms in total. The van der Waals surface area contributed by atoms with Gasteiger partial charge in [0.05, 0.1) is 18.8 Å². The van der Waals surface area contributed by atoms with Gasteiger partial charge in [0.2, 0.25) is 11.8 Å². The standard InChI is InChI=1S/C27H33F2N3O4/c1-26(2,3)13-21-27(19-12-17(29)7-8-20(19)31-25(27)36)22(15-5-4-6-16(28)11-15)23(24(30)35)32(21)10-9-18(34)14-33/h4-8,11-12,18,21-23,33-34H,9-10,13-14H2,1-3H3,(H2,30,35)(H,31,36)/t18-,21?,22?,23?,27?/m0/s1. The number of halogens is 2. The molecule has 1 fully saturated rings. The molecule has 4 unspecified atom stereocenters. The predicted molar refractivity (Wildman–Crippen MR) is 131 cm³/mol. The largest absolute Gasteiger partial charge is 0.394 e. The van der Waals surface area contributed by atoms with Crippen molar-refractivity contribution in [1.29, 1.82) is 0 Å². The molecule has 1 spiro atoms.